The fourth-order valence-corrected chi connectivity index (χ4v) is 6.08. The van der Waals surface area contributed by atoms with Crippen LogP contribution in [0.5, 0.6) is 5.75 Å². The van der Waals surface area contributed by atoms with Gasteiger partial charge in [-0.15, -0.1) is 0 Å². The second kappa shape index (κ2) is 15.7. The monoisotopic (exact) mass is 616 g/mol. The van der Waals surface area contributed by atoms with E-state index in [9.17, 15) is 14.4 Å². The molecule has 2 atom stereocenters. The Morgan fingerprint density at radius 2 is 1.71 bits per heavy atom. The van der Waals surface area contributed by atoms with Crippen LogP contribution in [0.1, 0.15) is 90.4 Å². The third-order valence-corrected chi connectivity index (χ3v) is 8.47. The van der Waals surface area contributed by atoms with E-state index in [-0.39, 0.29) is 36.7 Å². The molecule has 1 aromatic heterocycles. The number of nitrogens with one attached hydrogen (secondary N) is 2. The maximum atomic E-state index is 13.7. The lowest BCUT2D eigenvalue weighted by Crippen LogP contribution is -2.46. The summed E-state index contributed by atoms with van der Waals surface area (Å²) in [5, 5.41) is 10.3. The number of rotatable bonds is 13. The fourth-order valence-electron chi connectivity index (χ4n) is 6.08. The number of aromatic nitrogens is 2. The van der Waals surface area contributed by atoms with Gasteiger partial charge in [-0.1, -0.05) is 62.1 Å². The van der Waals surface area contributed by atoms with Gasteiger partial charge in [0.2, 0.25) is 5.91 Å². The van der Waals surface area contributed by atoms with Crippen molar-refractivity contribution in [1.82, 2.24) is 15.1 Å². The van der Waals surface area contributed by atoms with Crippen molar-refractivity contribution in [2.24, 2.45) is 5.92 Å². The van der Waals surface area contributed by atoms with E-state index in [4.69, 9.17) is 14.2 Å². The first-order chi connectivity index (χ1) is 21.9. The molecule has 0 bridgehead atoms. The molecule has 2 amide bonds. The molecule has 2 fully saturated rings. The number of amides is 2. The van der Waals surface area contributed by atoms with Gasteiger partial charge in [0, 0.05) is 6.07 Å². The van der Waals surface area contributed by atoms with Crippen LogP contribution in [-0.2, 0) is 27.4 Å². The van der Waals surface area contributed by atoms with Gasteiger partial charge >= 0.3 is 5.97 Å². The Balaban J connectivity index is 1.29. The van der Waals surface area contributed by atoms with Gasteiger partial charge in [0.1, 0.15) is 18.0 Å². The predicted octanol–water partition coefficient (Wildman–Crippen LogP) is 5.83. The first-order valence-corrected chi connectivity index (χ1v) is 16.1. The van der Waals surface area contributed by atoms with Gasteiger partial charge in [-0.25, -0.2) is 9.48 Å². The van der Waals surface area contributed by atoms with Crippen LogP contribution in [-0.4, -0.2) is 52.9 Å². The molecule has 2 aliphatic rings. The van der Waals surface area contributed by atoms with Crippen LogP contribution in [0.4, 0.5) is 5.69 Å². The van der Waals surface area contributed by atoms with E-state index >= 15 is 0 Å². The number of esters is 1. The van der Waals surface area contributed by atoms with Crippen LogP contribution in [0.15, 0.2) is 54.6 Å². The Labute approximate surface area is 264 Å². The number of carbonyl (C=O) groups is 3. The van der Waals surface area contributed by atoms with E-state index in [1.165, 1.54) is 23.6 Å². The number of carbonyl (C=O) groups excluding carboxylic acids is 3. The van der Waals surface area contributed by atoms with Crippen molar-refractivity contribution in [3.05, 3.63) is 77.1 Å². The van der Waals surface area contributed by atoms with Gasteiger partial charge in [0.25, 0.3) is 5.91 Å². The standard InChI is InChI=1S/C35H44N4O6/c1-3-43-35(42)29-20-30(34(41)37-27-15-9-10-16-31(27)44-22-25-11-5-4-6-12-25)39(38-29)21-33(40)36-28-19-24(2)17-18-32(28)45-23-26-13-7-8-14-26/h4-6,11-12,17-20,26-27,31H,3,7-10,13-16,21-23H2,1-2H3,(H,36,40)(H,37,41)/t27-,31-/m0/s1. The maximum Gasteiger partial charge on any atom is 0.358 e. The number of benzene rings is 2. The maximum absolute atomic E-state index is 13.7. The lowest BCUT2D eigenvalue weighted by atomic mass is 9.92. The molecule has 3 aromatic rings. The zero-order valence-electron chi connectivity index (χ0n) is 26.3. The van der Waals surface area contributed by atoms with Crippen LogP contribution in [0.2, 0.25) is 0 Å². The molecule has 0 unspecified atom stereocenters. The second-order valence-corrected chi connectivity index (χ2v) is 12.0. The molecular weight excluding hydrogens is 572 g/mol. The van der Waals surface area contributed by atoms with Gasteiger partial charge < -0.3 is 24.8 Å². The summed E-state index contributed by atoms with van der Waals surface area (Å²) in [5.74, 6) is -0.365. The largest absolute Gasteiger partial charge is 0.491 e. The molecule has 0 radical (unpaired) electrons. The summed E-state index contributed by atoms with van der Waals surface area (Å²) >= 11 is 0. The first kappa shape index (κ1) is 32.2. The molecule has 10 heteroatoms. The van der Waals surface area contributed by atoms with Crippen molar-refractivity contribution in [3.8, 4) is 5.75 Å². The SMILES string of the molecule is CCOC(=O)c1cc(C(=O)N[C@H]2CCCC[C@@H]2OCc2ccccc2)n(CC(=O)Nc2cc(C)ccc2OCC2CCCC2)n1. The van der Waals surface area contributed by atoms with E-state index in [1.807, 2.05) is 55.5 Å². The number of ether oxygens (including phenoxy) is 3. The molecule has 0 aliphatic heterocycles. The highest BCUT2D eigenvalue weighted by molar-refractivity contribution is 5.98. The fraction of sp³-hybridized carbons (Fsp3) is 0.486. The smallest absolute Gasteiger partial charge is 0.358 e. The molecule has 2 saturated carbocycles. The molecule has 2 aliphatic carbocycles. The molecule has 240 valence electrons. The molecular formula is C35H44N4O6. The number of nitrogens with zero attached hydrogens (tertiary/aromatic N) is 2. The zero-order chi connectivity index (χ0) is 31.6. The lowest BCUT2D eigenvalue weighted by Gasteiger charge is -2.32. The van der Waals surface area contributed by atoms with E-state index in [0.717, 1.165) is 49.7 Å². The molecule has 10 nitrogen and oxygen atoms in total. The molecule has 0 saturated heterocycles. The summed E-state index contributed by atoms with van der Waals surface area (Å²) in [6.07, 6.45) is 8.17. The molecule has 2 aromatic carbocycles. The predicted molar refractivity (Wildman–Crippen MR) is 170 cm³/mol. The number of hydrogen-bond donors (Lipinski definition) is 2. The minimum absolute atomic E-state index is 0.0357. The summed E-state index contributed by atoms with van der Waals surface area (Å²) in [5.41, 5.74) is 2.66. The van der Waals surface area contributed by atoms with E-state index in [2.05, 4.69) is 15.7 Å². The Morgan fingerprint density at radius 1 is 0.956 bits per heavy atom. The molecule has 2 N–H and O–H groups in total. The van der Waals surface area contributed by atoms with Crippen molar-refractivity contribution in [3.63, 3.8) is 0 Å². The Hall–Kier alpha value is -4.18. The van der Waals surface area contributed by atoms with Crippen molar-refractivity contribution in [1.29, 1.82) is 0 Å². The normalized spacial score (nSPS) is 18.4. The van der Waals surface area contributed by atoms with Crippen molar-refractivity contribution in [2.75, 3.05) is 18.5 Å². The van der Waals surface area contributed by atoms with Crippen LogP contribution in [0.25, 0.3) is 0 Å². The van der Waals surface area contributed by atoms with Gasteiger partial charge in [-0.3, -0.25) is 9.59 Å². The van der Waals surface area contributed by atoms with Gasteiger partial charge in [0.05, 0.1) is 37.7 Å². The Bertz CT molecular complexity index is 1450. The summed E-state index contributed by atoms with van der Waals surface area (Å²) < 4.78 is 18.8. The van der Waals surface area contributed by atoms with Crippen LogP contribution < -0.4 is 15.4 Å². The van der Waals surface area contributed by atoms with Gasteiger partial charge in [-0.05, 0) is 68.7 Å². The average molecular weight is 617 g/mol. The van der Waals surface area contributed by atoms with Crippen molar-refractivity contribution < 1.29 is 28.6 Å². The minimum Gasteiger partial charge on any atom is -0.491 e. The highest BCUT2D eigenvalue weighted by Gasteiger charge is 2.30. The lowest BCUT2D eigenvalue weighted by molar-refractivity contribution is -0.116. The van der Waals surface area contributed by atoms with Crippen molar-refractivity contribution >= 4 is 23.5 Å². The highest BCUT2D eigenvalue weighted by Crippen LogP contribution is 2.30. The van der Waals surface area contributed by atoms with Gasteiger partial charge in [-0.2, -0.15) is 5.10 Å². The van der Waals surface area contributed by atoms with E-state index in [1.54, 1.807) is 6.92 Å². The number of anilines is 1. The third kappa shape index (κ3) is 8.94. The molecule has 5 rings (SSSR count). The number of hydrogen-bond acceptors (Lipinski definition) is 7. The summed E-state index contributed by atoms with van der Waals surface area (Å²) in [6.45, 7) is 4.58. The highest BCUT2D eigenvalue weighted by atomic mass is 16.5. The molecule has 0 spiro atoms. The quantitative estimate of drug-likeness (QED) is 0.232. The summed E-state index contributed by atoms with van der Waals surface area (Å²) in [6, 6.07) is 16.8. The number of aryl methyl sites for hydroxylation is 1. The average Bonchev–Trinajstić information content (AvgIpc) is 3.71. The summed E-state index contributed by atoms with van der Waals surface area (Å²) in [4.78, 5) is 39.6. The van der Waals surface area contributed by atoms with Gasteiger partial charge in [0.15, 0.2) is 5.69 Å². The molecule has 1 heterocycles. The van der Waals surface area contributed by atoms with E-state index in [0.29, 0.717) is 30.6 Å². The first-order valence-electron chi connectivity index (χ1n) is 16.1. The Morgan fingerprint density at radius 3 is 2.49 bits per heavy atom. The topological polar surface area (TPSA) is 121 Å². The third-order valence-electron chi connectivity index (χ3n) is 8.47. The van der Waals surface area contributed by atoms with Crippen molar-refractivity contribution in [2.45, 2.75) is 90.5 Å². The van der Waals surface area contributed by atoms with Crippen LogP contribution in [0.3, 0.4) is 0 Å². The summed E-state index contributed by atoms with van der Waals surface area (Å²) in [7, 11) is 0. The van der Waals surface area contributed by atoms with Crippen LogP contribution >= 0.6 is 0 Å². The van der Waals surface area contributed by atoms with Crippen LogP contribution in [0, 0.1) is 12.8 Å². The Kier molecular flexibility index (Phi) is 11.2. The molecule has 45 heavy (non-hydrogen) atoms. The zero-order valence-corrected chi connectivity index (χ0v) is 26.3. The van der Waals surface area contributed by atoms with E-state index < -0.39 is 17.8 Å². The minimum atomic E-state index is -0.659. The second-order valence-electron chi connectivity index (χ2n) is 12.0.